The van der Waals surface area contributed by atoms with E-state index < -0.39 is 0 Å². The zero-order valence-electron chi connectivity index (χ0n) is 10.0. The topological polar surface area (TPSA) is 65.7 Å². The van der Waals surface area contributed by atoms with Crippen molar-refractivity contribution < 1.29 is 0 Å². The van der Waals surface area contributed by atoms with Crippen molar-refractivity contribution in [1.82, 2.24) is 15.0 Å². The summed E-state index contributed by atoms with van der Waals surface area (Å²) in [6.45, 7) is 1.90. The molecule has 1 aliphatic heterocycles. The second kappa shape index (κ2) is 5.11. The molecule has 0 spiro atoms. The fourth-order valence-corrected chi connectivity index (χ4v) is 2.92. The molecular formula is C12H10ClN5S. The molecule has 0 N–H and O–H groups in total. The molecule has 3 rings (SSSR count). The minimum absolute atomic E-state index is 0.193. The van der Waals surface area contributed by atoms with Crippen LogP contribution in [0, 0.1) is 11.3 Å². The van der Waals surface area contributed by atoms with Gasteiger partial charge in [-0.25, -0.2) is 0 Å². The molecular weight excluding hydrogens is 282 g/mol. The van der Waals surface area contributed by atoms with Crippen LogP contribution in [0.1, 0.15) is 17.7 Å². The quantitative estimate of drug-likeness (QED) is 0.851. The molecule has 0 aliphatic carbocycles. The lowest BCUT2D eigenvalue weighted by Gasteiger charge is -2.15. The van der Waals surface area contributed by atoms with Crippen LogP contribution in [-0.2, 0) is 0 Å². The third-order valence-corrected chi connectivity index (χ3v) is 4.08. The van der Waals surface area contributed by atoms with E-state index in [0.29, 0.717) is 16.6 Å². The van der Waals surface area contributed by atoms with Crippen LogP contribution < -0.4 is 4.90 Å². The van der Waals surface area contributed by atoms with Crippen LogP contribution in [0.2, 0.25) is 5.28 Å². The standard InChI is InChI=1S/C12H10ClN5S/c13-11-15-10(9-4-3-8(7-14)19-9)16-12(17-11)18-5-1-2-6-18/h3-4H,1-2,5-6H2. The van der Waals surface area contributed by atoms with E-state index in [2.05, 4.69) is 25.9 Å². The van der Waals surface area contributed by atoms with Gasteiger partial charge in [0.05, 0.1) is 4.88 Å². The van der Waals surface area contributed by atoms with Crippen molar-refractivity contribution in [2.24, 2.45) is 0 Å². The molecule has 7 heteroatoms. The van der Waals surface area contributed by atoms with E-state index in [1.54, 1.807) is 6.07 Å². The van der Waals surface area contributed by atoms with Crippen molar-refractivity contribution in [1.29, 1.82) is 5.26 Å². The predicted molar refractivity (Wildman–Crippen MR) is 74.3 cm³/mol. The smallest absolute Gasteiger partial charge is 0.230 e. The molecule has 1 fully saturated rings. The molecule has 0 bridgehead atoms. The maximum atomic E-state index is 8.85. The van der Waals surface area contributed by atoms with Crippen molar-refractivity contribution in [2.45, 2.75) is 12.8 Å². The van der Waals surface area contributed by atoms with Crippen LogP contribution in [0.3, 0.4) is 0 Å². The van der Waals surface area contributed by atoms with Crippen LogP contribution in [0.4, 0.5) is 5.95 Å². The lowest BCUT2D eigenvalue weighted by atomic mass is 10.4. The maximum absolute atomic E-state index is 8.85. The molecule has 2 aromatic rings. The summed E-state index contributed by atoms with van der Waals surface area (Å²) in [6.07, 6.45) is 2.30. The molecule has 0 amide bonds. The number of thiophene rings is 1. The molecule has 2 aromatic heterocycles. The van der Waals surface area contributed by atoms with Crippen molar-refractivity contribution >= 4 is 28.9 Å². The third-order valence-electron chi connectivity index (χ3n) is 2.92. The van der Waals surface area contributed by atoms with Gasteiger partial charge in [-0.2, -0.15) is 20.2 Å². The Morgan fingerprint density at radius 3 is 2.68 bits per heavy atom. The first kappa shape index (κ1) is 12.3. The summed E-state index contributed by atoms with van der Waals surface area (Å²) < 4.78 is 0. The normalized spacial score (nSPS) is 14.6. The summed E-state index contributed by atoms with van der Waals surface area (Å²) in [4.78, 5) is 16.3. The van der Waals surface area contributed by atoms with Gasteiger partial charge in [0.25, 0.3) is 0 Å². The van der Waals surface area contributed by atoms with Gasteiger partial charge in [-0.3, -0.25) is 0 Å². The second-order valence-corrected chi connectivity index (χ2v) is 5.62. The van der Waals surface area contributed by atoms with Crippen LogP contribution in [0.5, 0.6) is 0 Å². The van der Waals surface area contributed by atoms with Gasteiger partial charge in [0.15, 0.2) is 5.82 Å². The minimum Gasteiger partial charge on any atom is -0.341 e. The van der Waals surface area contributed by atoms with Crippen LogP contribution >= 0.6 is 22.9 Å². The molecule has 0 atom stereocenters. The lowest BCUT2D eigenvalue weighted by molar-refractivity contribution is 0.883. The largest absolute Gasteiger partial charge is 0.341 e. The van der Waals surface area contributed by atoms with Gasteiger partial charge in [-0.15, -0.1) is 11.3 Å². The Morgan fingerprint density at radius 2 is 2.00 bits per heavy atom. The third kappa shape index (κ3) is 2.53. The van der Waals surface area contributed by atoms with Gasteiger partial charge >= 0.3 is 0 Å². The average Bonchev–Trinajstić information content (AvgIpc) is 3.09. The van der Waals surface area contributed by atoms with Gasteiger partial charge in [0, 0.05) is 13.1 Å². The highest BCUT2D eigenvalue weighted by atomic mass is 35.5. The Kier molecular flexibility index (Phi) is 3.32. The predicted octanol–water partition coefficient (Wildman–Crippen LogP) is 2.73. The highest BCUT2D eigenvalue weighted by Gasteiger charge is 2.18. The number of nitriles is 1. The number of halogens is 1. The van der Waals surface area contributed by atoms with E-state index >= 15 is 0 Å². The van der Waals surface area contributed by atoms with E-state index in [9.17, 15) is 0 Å². The summed E-state index contributed by atoms with van der Waals surface area (Å²) in [5.41, 5.74) is 0. The van der Waals surface area contributed by atoms with E-state index in [-0.39, 0.29) is 5.28 Å². The Balaban J connectivity index is 1.99. The molecule has 5 nitrogen and oxygen atoms in total. The fourth-order valence-electron chi connectivity index (χ4n) is 2.03. The van der Waals surface area contributed by atoms with Crippen LogP contribution in [0.25, 0.3) is 10.7 Å². The Labute approximate surface area is 119 Å². The van der Waals surface area contributed by atoms with Gasteiger partial charge < -0.3 is 4.90 Å². The molecule has 19 heavy (non-hydrogen) atoms. The van der Waals surface area contributed by atoms with Crippen molar-refractivity contribution in [2.75, 3.05) is 18.0 Å². The lowest BCUT2D eigenvalue weighted by Crippen LogP contribution is -2.21. The number of aromatic nitrogens is 3. The number of hydrogen-bond donors (Lipinski definition) is 0. The van der Waals surface area contributed by atoms with Crippen LogP contribution in [0.15, 0.2) is 12.1 Å². The monoisotopic (exact) mass is 291 g/mol. The van der Waals surface area contributed by atoms with Gasteiger partial charge in [0.1, 0.15) is 10.9 Å². The Bertz CT molecular complexity index is 642. The van der Waals surface area contributed by atoms with Gasteiger partial charge in [0.2, 0.25) is 11.2 Å². The first-order chi connectivity index (χ1) is 9.26. The van der Waals surface area contributed by atoms with Crippen LogP contribution in [-0.4, -0.2) is 28.0 Å². The summed E-state index contributed by atoms with van der Waals surface area (Å²) in [5.74, 6) is 1.16. The summed E-state index contributed by atoms with van der Waals surface area (Å²) in [6, 6.07) is 5.70. The van der Waals surface area contributed by atoms with Crippen molar-refractivity contribution in [3.63, 3.8) is 0 Å². The molecule has 1 aliphatic rings. The van der Waals surface area contributed by atoms with Gasteiger partial charge in [-0.1, -0.05) is 0 Å². The maximum Gasteiger partial charge on any atom is 0.230 e. The van der Waals surface area contributed by atoms with E-state index in [1.807, 2.05) is 6.07 Å². The number of anilines is 1. The Hall–Kier alpha value is -1.71. The molecule has 0 unspecified atom stereocenters. The SMILES string of the molecule is N#Cc1ccc(-c2nc(Cl)nc(N3CCCC3)n2)s1. The second-order valence-electron chi connectivity index (χ2n) is 4.20. The zero-order valence-corrected chi connectivity index (χ0v) is 11.6. The molecule has 3 heterocycles. The molecule has 0 saturated carbocycles. The van der Waals surface area contributed by atoms with Crippen molar-refractivity contribution in [3.05, 3.63) is 22.3 Å². The molecule has 96 valence electrons. The molecule has 1 saturated heterocycles. The minimum atomic E-state index is 0.193. The fraction of sp³-hybridized carbons (Fsp3) is 0.333. The summed E-state index contributed by atoms with van der Waals surface area (Å²) in [7, 11) is 0. The Morgan fingerprint density at radius 1 is 1.21 bits per heavy atom. The van der Waals surface area contributed by atoms with E-state index in [1.165, 1.54) is 11.3 Å². The highest BCUT2D eigenvalue weighted by molar-refractivity contribution is 7.15. The van der Waals surface area contributed by atoms with Crippen molar-refractivity contribution in [3.8, 4) is 16.8 Å². The van der Waals surface area contributed by atoms with E-state index in [0.717, 1.165) is 30.8 Å². The number of nitrogens with zero attached hydrogens (tertiary/aromatic N) is 5. The number of hydrogen-bond acceptors (Lipinski definition) is 6. The first-order valence-corrected chi connectivity index (χ1v) is 7.12. The summed E-state index contributed by atoms with van der Waals surface area (Å²) >= 11 is 7.32. The van der Waals surface area contributed by atoms with Gasteiger partial charge in [-0.05, 0) is 36.6 Å². The number of rotatable bonds is 2. The first-order valence-electron chi connectivity index (χ1n) is 5.93. The molecule has 0 radical (unpaired) electrons. The van der Waals surface area contributed by atoms with E-state index in [4.69, 9.17) is 16.9 Å². The highest BCUT2D eigenvalue weighted by Crippen LogP contribution is 2.27. The molecule has 0 aromatic carbocycles. The zero-order chi connectivity index (χ0) is 13.2. The summed E-state index contributed by atoms with van der Waals surface area (Å²) in [5, 5.41) is 9.05. The average molecular weight is 292 g/mol.